The SMILES string of the molecule is C/C(=C\CC(=O)O)OC(=O)CCCS(=O)(=O)O. The summed E-state index contributed by atoms with van der Waals surface area (Å²) in [6.45, 7) is 1.42. The molecule has 0 unspecified atom stereocenters. The molecule has 0 rings (SSSR count). The number of esters is 1. The normalized spacial score (nSPS) is 12.2. The zero-order valence-corrected chi connectivity index (χ0v) is 10.1. The van der Waals surface area contributed by atoms with Crippen LogP contribution < -0.4 is 0 Å². The first-order valence-electron chi connectivity index (χ1n) is 4.75. The number of rotatable bonds is 7. The van der Waals surface area contributed by atoms with Crippen molar-refractivity contribution in [1.82, 2.24) is 0 Å². The van der Waals surface area contributed by atoms with Crippen molar-refractivity contribution in [2.75, 3.05) is 5.75 Å². The first-order chi connectivity index (χ1) is 7.70. The zero-order valence-electron chi connectivity index (χ0n) is 9.25. The van der Waals surface area contributed by atoms with Crippen LogP contribution >= 0.6 is 0 Å². The molecule has 0 aromatic rings. The third kappa shape index (κ3) is 10.9. The molecule has 0 aromatic carbocycles. The number of carbonyl (C=O) groups excluding carboxylic acids is 1. The van der Waals surface area contributed by atoms with E-state index in [4.69, 9.17) is 14.4 Å². The van der Waals surface area contributed by atoms with Gasteiger partial charge < -0.3 is 9.84 Å². The predicted octanol–water partition coefficient (Wildman–Crippen LogP) is 0.576. The van der Waals surface area contributed by atoms with Crippen LogP contribution in [0.1, 0.15) is 26.2 Å². The number of hydrogen-bond acceptors (Lipinski definition) is 5. The Kier molecular flexibility index (Phi) is 6.44. The number of hydrogen-bond donors (Lipinski definition) is 2. The minimum atomic E-state index is -4.07. The van der Waals surface area contributed by atoms with Crippen molar-refractivity contribution in [3.05, 3.63) is 11.8 Å². The van der Waals surface area contributed by atoms with E-state index >= 15 is 0 Å². The number of carboxylic acids is 1. The molecule has 7 nitrogen and oxygen atoms in total. The van der Waals surface area contributed by atoms with Crippen molar-refractivity contribution in [1.29, 1.82) is 0 Å². The van der Waals surface area contributed by atoms with Gasteiger partial charge in [-0.05, 0) is 19.4 Å². The van der Waals surface area contributed by atoms with Crippen LogP contribution in [0.5, 0.6) is 0 Å². The molecule has 0 aliphatic rings. The Morgan fingerprint density at radius 2 is 1.94 bits per heavy atom. The summed E-state index contributed by atoms with van der Waals surface area (Å²) >= 11 is 0. The lowest BCUT2D eigenvalue weighted by atomic mass is 10.3. The second kappa shape index (κ2) is 7.02. The first-order valence-corrected chi connectivity index (χ1v) is 6.36. The Balaban J connectivity index is 3.94. The van der Waals surface area contributed by atoms with E-state index in [0.717, 1.165) is 0 Å². The van der Waals surface area contributed by atoms with Gasteiger partial charge in [-0.2, -0.15) is 8.42 Å². The van der Waals surface area contributed by atoms with Crippen molar-refractivity contribution in [3.63, 3.8) is 0 Å². The lowest BCUT2D eigenvalue weighted by molar-refractivity contribution is -0.140. The number of aliphatic carboxylic acids is 1. The molecule has 0 amide bonds. The molecule has 0 fully saturated rings. The molecule has 98 valence electrons. The van der Waals surface area contributed by atoms with E-state index in [9.17, 15) is 18.0 Å². The van der Waals surface area contributed by atoms with Crippen molar-refractivity contribution < 1.29 is 32.4 Å². The average Bonchev–Trinajstić information content (AvgIpc) is 2.12. The van der Waals surface area contributed by atoms with Crippen LogP contribution in [0, 0.1) is 0 Å². The Morgan fingerprint density at radius 3 is 2.41 bits per heavy atom. The fourth-order valence-corrected chi connectivity index (χ4v) is 1.41. The standard InChI is InChI=1S/C9H14O7S/c1-7(4-5-8(10)11)16-9(12)3-2-6-17(13,14)15/h4H,2-3,5-6H2,1H3,(H,10,11)(H,13,14,15)/b7-4+. The lowest BCUT2D eigenvalue weighted by Crippen LogP contribution is -2.08. The number of carbonyl (C=O) groups is 2. The predicted molar refractivity (Wildman–Crippen MR) is 57.8 cm³/mol. The zero-order chi connectivity index (χ0) is 13.5. The summed E-state index contributed by atoms with van der Waals surface area (Å²) in [6.07, 6.45) is 0.745. The molecule has 8 heteroatoms. The van der Waals surface area contributed by atoms with E-state index in [1.165, 1.54) is 13.0 Å². The maximum absolute atomic E-state index is 11.1. The molecule has 0 heterocycles. The smallest absolute Gasteiger partial charge is 0.310 e. The van der Waals surface area contributed by atoms with E-state index in [1.807, 2.05) is 0 Å². The second-order valence-electron chi connectivity index (χ2n) is 3.28. The van der Waals surface area contributed by atoms with Gasteiger partial charge in [-0.25, -0.2) is 0 Å². The molecule has 0 radical (unpaired) electrons. The van der Waals surface area contributed by atoms with Crippen LogP contribution in [0.2, 0.25) is 0 Å². The van der Waals surface area contributed by atoms with E-state index < -0.39 is 27.8 Å². The van der Waals surface area contributed by atoms with E-state index in [1.54, 1.807) is 0 Å². The molecule has 0 atom stereocenters. The lowest BCUT2D eigenvalue weighted by Gasteiger charge is -2.03. The van der Waals surface area contributed by atoms with Crippen LogP contribution in [0.25, 0.3) is 0 Å². The average molecular weight is 266 g/mol. The van der Waals surface area contributed by atoms with Crippen molar-refractivity contribution >= 4 is 22.1 Å². The van der Waals surface area contributed by atoms with Gasteiger partial charge in [0.25, 0.3) is 10.1 Å². The first kappa shape index (κ1) is 15.6. The van der Waals surface area contributed by atoms with Crippen LogP contribution in [0.4, 0.5) is 0 Å². The topological polar surface area (TPSA) is 118 Å². The fourth-order valence-electron chi connectivity index (χ4n) is 0.902. The maximum Gasteiger partial charge on any atom is 0.310 e. The highest BCUT2D eigenvalue weighted by atomic mass is 32.2. The highest BCUT2D eigenvalue weighted by molar-refractivity contribution is 7.85. The van der Waals surface area contributed by atoms with Gasteiger partial charge in [0, 0.05) is 6.42 Å². The third-order valence-electron chi connectivity index (χ3n) is 1.62. The largest absolute Gasteiger partial charge is 0.481 e. The minimum Gasteiger partial charge on any atom is -0.481 e. The molecular formula is C9H14O7S. The highest BCUT2D eigenvalue weighted by Gasteiger charge is 2.09. The van der Waals surface area contributed by atoms with Crippen molar-refractivity contribution in [2.45, 2.75) is 26.2 Å². The summed E-state index contributed by atoms with van der Waals surface area (Å²) in [5.74, 6) is -2.09. The summed E-state index contributed by atoms with van der Waals surface area (Å²) in [4.78, 5) is 21.3. The van der Waals surface area contributed by atoms with Crippen LogP contribution in [-0.2, 0) is 24.4 Å². The molecule has 0 aromatic heterocycles. The van der Waals surface area contributed by atoms with Crippen molar-refractivity contribution in [3.8, 4) is 0 Å². The van der Waals surface area contributed by atoms with Gasteiger partial charge >= 0.3 is 11.9 Å². The summed E-state index contributed by atoms with van der Waals surface area (Å²) in [5, 5.41) is 8.35. The number of carboxylic acid groups (broad SMARTS) is 1. The summed E-state index contributed by atoms with van der Waals surface area (Å²) in [7, 11) is -4.07. The molecule has 2 N–H and O–H groups in total. The summed E-state index contributed by atoms with van der Waals surface area (Å²) in [5.41, 5.74) is 0. The molecule has 0 aliphatic carbocycles. The Hall–Kier alpha value is -1.41. The minimum absolute atomic E-state index is 0.0517. The molecule has 0 spiro atoms. The van der Waals surface area contributed by atoms with E-state index in [-0.39, 0.29) is 25.0 Å². The molecule has 0 aliphatic heterocycles. The second-order valence-corrected chi connectivity index (χ2v) is 4.85. The van der Waals surface area contributed by atoms with Crippen LogP contribution in [0.15, 0.2) is 11.8 Å². The molecule has 17 heavy (non-hydrogen) atoms. The Bertz CT molecular complexity index is 407. The van der Waals surface area contributed by atoms with Gasteiger partial charge in [-0.1, -0.05) is 0 Å². The van der Waals surface area contributed by atoms with Crippen LogP contribution in [-0.4, -0.2) is 35.8 Å². The number of allylic oxidation sites excluding steroid dienone is 1. The Morgan fingerprint density at radius 1 is 1.35 bits per heavy atom. The van der Waals surface area contributed by atoms with Gasteiger partial charge in [-0.15, -0.1) is 0 Å². The van der Waals surface area contributed by atoms with Gasteiger partial charge in [0.2, 0.25) is 0 Å². The van der Waals surface area contributed by atoms with Crippen molar-refractivity contribution in [2.24, 2.45) is 0 Å². The Labute approximate surface area is 98.8 Å². The van der Waals surface area contributed by atoms with E-state index in [2.05, 4.69) is 0 Å². The summed E-state index contributed by atoms with van der Waals surface area (Å²) < 4.78 is 33.8. The molecule has 0 saturated carbocycles. The quantitative estimate of drug-likeness (QED) is 0.393. The summed E-state index contributed by atoms with van der Waals surface area (Å²) in [6, 6.07) is 0. The molecule has 0 saturated heterocycles. The van der Waals surface area contributed by atoms with E-state index in [0.29, 0.717) is 0 Å². The van der Waals surface area contributed by atoms with Gasteiger partial charge in [0.05, 0.1) is 12.2 Å². The fraction of sp³-hybridized carbons (Fsp3) is 0.556. The third-order valence-corrected chi connectivity index (χ3v) is 2.43. The van der Waals surface area contributed by atoms with Gasteiger partial charge in [0.15, 0.2) is 0 Å². The maximum atomic E-state index is 11.1. The molecule has 0 bridgehead atoms. The monoisotopic (exact) mass is 266 g/mol. The number of ether oxygens (including phenoxy) is 1. The van der Waals surface area contributed by atoms with Gasteiger partial charge in [-0.3, -0.25) is 14.1 Å². The van der Waals surface area contributed by atoms with Gasteiger partial charge in [0.1, 0.15) is 5.76 Å². The van der Waals surface area contributed by atoms with Crippen LogP contribution in [0.3, 0.4) is 0 Å². The molecular weight excluding hydrogens is 252 g/mol. The highest BCUT2D eigenvalue weighted by Crippen LogP contribution is 2.03.